The van der Waals surface area contributed by atoms with Crippen molar-refractivity contribution in [2.24, 2.45) is 10.7 Å². The second-order valence-electron chi connectivity index (χ2n) is 2.87. The van der Waals surface area contributed by atoms with Gasteiger partial charge in [-0.1, -0.05) is 22.0 Å². The fourth-order valence-corrected chi connectivity index (χ4v) is 1.70. The van der Waals surface area contributed by atoms with E-state index in [1.54, 1.807) is 0 Å². The maximum absolute atomic E-state index is 11.0. The van der Waals surface area contributed by atoms with Crippen molar-refractivity contribution in [2.75, 3.05) is 0 Å². The third-order valence-corrected chi connectivity index (χ3v) is 2.43. The average molecular weight is 239 g/mol. The Bertz CT molecular complexity index is 412. The summed E-state index contributed by atoms with van der Waals surface area (Å²) in [5.74, 6) is 0.139. The lowest BCUT2D eigenvalue weighted by atomic mass is 10.0. The molecule has 0 atom stereocenters. The number of rotatable bonds is 0. The zero-order valence-electron chi connectivity index (χ0n) is 6.75. The molecule has 1 heterocycles. The summed E-state index contributed by atoms with van der Waals surface area (Å²) in [6, 6.07) is 5.66. The number of hydrogen-bond acceptors (Lipinski definition) is 2. The third kappa shape index (κ3) is 1.49. The SMILES string of the molecule is NC1=NC(=O)Cc2ccc(Br)cc21. The first-order valence-corrected chi connectivity index (χ1v) is 4.62. The van der Waals surface area contributed by atoms with Gasteiger partial charge in [-0.25, -0.2) is 0 Å². The van der Waals surface area contributed by atoms with Gasteiger partial charge in [0.15, 0.2) is 0 Å². The third-order valence-electron chi connectivity index (χ3n) is 1.93. The van der Waals surface area contributed by atoms with E-state index in [0.29, 0.717) is 12.3 Å². The largest absolute Gasteiger partial charge is 0.383 e. The standard InChI is InChI=1S/C9H7BrN2O/c10-6-2-1-5-3-8(13)12-9(11)7(5)4-6/h1-2,4H,3H2,(H2,11,12,13). The summed E-state index contributed by atoms with van der Waals surface area (Å²) in [6.07, 6.45) is 0.351. The molecule has 0 aliphatic carbocycles. The van der Waals surface area contributed by atoms with Crippen LogP contribution >= 0.6 is 15.9 Å². The molecule has 0 radical (unpaired) electrons. The van der Waals surface area contributed by atoms with Gasteiger partial charge in [0.1, 0.15) is 5.84 Å². The molecule has 3 nitrogen and oxygen atoms in total. The summed E-state index contributed by atoms with van der Waals surface area (Å²) in [7, 11) is 0. The van der Waals surface area contributed by atoms with Crippen molar-refractivity contribution in [1.82, 2.24) is 0 Å². The van der Waals surface area contributed by atoms with Crippen LogP contribution in [0.25, 0.3) is 0 Å². The maximum Gasteiger partial charge on any atom is 0.252 e. The molecule has 66 valence electrons. The van der Waals surface area contributed by atoms with E-state index >= 15 is 0 Å². The van der Waals surface area contributed by atoms with Crippen LogP contribution < -0.4 is 5.73 Å². The van der Waals surface area contributed by atoms with Crippen LogP contribution in [-0.2, 0) is 11.2 Å². The molecular formula is C9H7BrN2O. The van der Waals surface area contributed by atoms with Crippen LogP contribution in [0.4, 0.5) is 0 Å². The van der Waals surface area contributed by atoms with Crippen molar-refractivity contribution < 1.29 is 4.79 Å². The predicted molar refractivity (Wildman–Crippen MR) is 53.6 cm³/mol. The van der Waals surface area contributed by atoms with Gasteiger partial charge in [0.2, 0.25) is 0 Å². The Morgan fingerprint density at radius 2 is 2.23 bits per heavy atom. The van der Waals surface area contributed by atoms with E-state index in [1.165, 1.54) is 0 Å². The van der Waals surface area contributed by atoms with Gasteiger partial charge < -0.3 is 5.73 Å². The van der Waals surface area contributed by atoms with E-state index in [1.807, 2.05) is 18.2 Å². The Kier molecular flexibility index (Phi) is 1.92. The minimum Gasteiger partial charge on any atom is -0.383 e. The Balaban J connectivity index is 2.60. The van der Waals surface area contributed by atoms with Crippen LogP contribution in [-0.4, -0.2) is 11.7 Å². The molecule has 0 spiro atoms. The molecule has 0 unspecified atom stereocenters. The number of nitrogens with two attached hydrogens (primary N) is 1. The first-order chi connectivity index (χ1) is 6.16. The topological polar surface area (TPSA) is 55.4 Å². The zero-order valence-corrected chi connectivity index (χ0v) is 8.34. The molecule has 2 N–H and O–H groups in total. The van der Waals surface area contributed by atoms with Crippen molar-refractivity contribution in [3.05, 3.63) is 33.8 Å². The van der Waals surface area contributed by atoms with Crippen LogP contribution in [0, 0.1) is 0 Å². The van der Waals surface area contributed by atoms with Crippen molar-refractivity contribution in [1.29, 1.82) is 0 Å². The number of nitrogens with zero attached hydrogens (tertiary/aromatic N) is 1. The van der Waals surface area contributed by atoms with Gasteiger partial charge in [-0.05, 0) is 17.7 Å². The predicted octanol–water partition coefficient (Wildman–Crippen LogP) is 1.24. The maximum atomic E-state index is 11.0. The Morgan fingerprint density at radius 3 is 3.00 bits per heavy atom. The summed E-state index contributed by atoms with van der Waals surface area (Å²) < 4.78 is 0.943. The number of fused-ring (bicyclic) bond motifs is 1. The van der Waals surface area contributed by atoms with E-state index in [-0.39, 0.29) is 5.91 Å². The van der Waals surface area contributed by atoms with Crippen molar-refractivity contribution in [3.8, 4) is 0 Å². The highest BCUT2D eigenvalue weighted by atomic mass is 79.9. The van der Waals surface area contributed by atoms with Crippen LogP contribution in [0.5, 0.6) is 0 Å². The van der Waals surface area contributed by atoms with Gasteiger partial charge in [-0.2, -0.15) is 4.99 Å². The van der Waals surface area contributed by atoms with Gasteiger partial charge >= 0.3 is 0 Å². The molecule has 13 heavy (non-hydrogen) atoms. The normalized spacial score (nSPS) is 15.2. The Morgan fingerprint density at radius 1 is 1.46 bits per heavy atom. The number of benzene rings is 1. The Hall–Kier alpha value is -1.16. The second kappa shape index (κ2) is 2.96. The lowest BCUT2D eigenvalue weighted by molar-refractivity contribution is -0.117. The molecule has 1 aromatic carbocycles. The molecule has 0 saturated heterocycles. The summed E-state index contributed by atoms with van der Waals surface area (Å²) in [4.78, 5) is 14.7. The molecule has 1 amide bonds. The molecule has 1 aromatic rings. The molecule has 0 aromatic heterocycles. The minimum atomic E-state index is -0.174. The summed E-state index contributed by atoms with van der Waals surface area (Å²) >= 11 is 3.34. The monoisotopic (exact) mass is 238 g/mol. The van der Waals surface area contributed by atoms with Crippen molar-refractivity contribution in [2.45, 2.75) is 6.42 Å². The van der Waals surface area contributed by atoms with E-state index in [2.05, 4.69) is 20.9 Å². The highest BCUT2D eigenvalue weighted by Crippen LogP contribution is 2.19. The first-order valence-electron chi connectivity index (χ1n) is 3.82. The molecule has 4 heteroatoms. The van der Waals surface area contributed by atoms with Gasteiger partial charge in [-0.15, -0.1) is 0 Å². The first kappa shape index (κ1) is 8.44. The number of carbonyl (C=O) groups excluding carboxylic acids is 1. The van der Waals surface area contributed by atoms with E-state index in [9.17, 15) is 4.79 Å². The number of amides is 1. The second-order valence-corrected chi connectivity index (χ2v) is 3.78. The van der Waals surface area contributed by atoms with Crippen LogP contribution in [0.15, 0.2) is 27.7 Å². The highest BCUT2D eigenvalue weighted by molar-refractivity contribution is 9.10. The molecule has 2 rings (SSSR count). The number of aliphatic imine (C=N–C) groups is 1. The minimum absolute atomic E-state index is 0.174. The molecule has 0 saturated carbocycles. The van der Waals surface area contributed by atoms with Crippen LogP contribution in [0.3, 0.4) is 0 Å². The van der Waals surface area contributed by atoms with Crippen LogP contribution in [0.2, 0.25) is 0 Å². The summed E-state index contributed by atoms with van der Waals surface area (Å²) in [5, 5.41) is 0. The fraction of sp³-hybridized carbons (Fsp3) is 0.111. The molecule has 1 aliphatic rings. The number of hydrogen-bond donors (Lipinski definition) is 1. The number of amidine groups is 1. The number of carbonyl (C=O) groups is 1. The lowest BCUT2D eigenvalue weighted by Gasteiger charge is -2.12. The van der Waals surface area contributed by atoms with Gasteiger partial charge in [0.05, 0.1) is 6.42 Å². The van der Waals surface area contributed by atoms with Crippen molar-refractivity contribution in [3.63, 3.8) is 0 Å². The highest BCUT2D eigenvalue weighted by Gasteiger charge is 2.16. The molecule has 0 fully saturated rings. The van der Waals surface area contributed by atoms with E-state index in [0.717, 1.165) is 15.6 Å². The lowest BCUT2D eigenvalue weighted by Crippen LogP contribution is -2.23. The van der Waals surface area contributed by atoms with Crippen molar-refractivity contribution >= 4 is 27.7 Å². The molecular weight excluding hydrogens is 232 g/mol. The van der Waals surface area contributed by atoms with Gasteiger partial charge in [-0.3, -0.25) is 4.79 Å². The zero-order chi connectivity index (χ0) is 9.42. The quantitative estimate of drug-likeness (QED) is 0.740. The number of halogens is 1. The molecule has 0 bridgehead atoms. The van der Waals surface area contributed by atoms with Gasteiger partial charge in [0.25, 0.3) is 5.91 Å². The van der Waals surface area contributed by atoms with Crippen LogP contribution in [0.1, 0.15) is 11.1 Å². The fourth-order valence-electron chi connectivity index (χ4n) is 1.34. The smallest absolute Gasteiger partial charge is 0.252 e. The van der Waals surface area contributed by atoms with Gasteiger partial charge in [0, 0.05) is 10.0 Å². The summed E-state index contributed by atoms with van der Waals surface area (Å²) in [6.45, 7) is 0. The van der Waals surface area contributed by atoms with E-state index < -0.39 is 0 Å². The summed E-state index contributed by atoms with van der Waals surface area (Å²) in [5.41, 5.74) is 7.41. The van der Waals surface area contributed by atoms with E-state index in [4.69, 9.17) is 5.73 Å². The average Bonchev–Trinajstić information content (AvgIpc) is 2.06. The Labute approximate surface area is 83.8 Å². The molecule has 1 aliphatic heterocycles.